The summed E-state index contributed by atoms with van der Waals surface area (Å²) in [6, 6.07) is 7.47. The van der Waals surface area contributed by atoms with Gasteiger partial charge in [0.1, 0.15) is 5.75 Å². The number of aliphatic carboxylic acids is 1. The van der Waals surface area contributed by atoms with Gasteiger partial charge in [0.05, 0.1) is 7.11 Å². The van der Waals surface area contributed by atoms with Gasteiger partial charge >= 0.3 is 5.97 Å². The number of hydrogen-bond acceptors (Lipinski definition) is 2. The molecule has 0 spiro atoms. The Hall–Kier alpha value is -1.84. The molecular formula is C14H17FO3. The highest BCUT2D eigenvalue weighted by Crippen LogP contribution is 2.20. The van der Waals surface area contributed by atoms with Gasteiger partial charge in [-0.15, -0.1) is 0 Å². The van der Waals surface area contributed by atoms with Gasteiger partial charge in [-0.3, -0.25) is 0 Å². The smallest absolute Gasteiger partial charge is 0.364 e. The highest BCUT2D eigenvalue weighted by molar-refractivity contribution is 5.84. The van der Waals surface area contributed by atoms with Gasteiger partial charge < -0.3 is 9.84 Å². The number of rotatable bonds is 6. The van der Waals surface area contributed by atoms with Gasteiger partial charge in [-0.2, -0.15) is 4.39 Å². The number of carboxylic acids is 1. The average Bonchev–Trinajstić information content (AvgIpc) is 2.39. The van der Waals surface area contributed by atoms with Crippen LogP contribution in [0.15, 0.2) is 35.7 Å². The third-order valence-electron chi connectivity index (χ3n) is 2.77. The number of hydrogen-bond donors (Lipinski definition) is 1. The van der Waals surface area contributed by atoms with Crippen LogP contribution < -0.4 is 4.74 Å². The van der Waals surface area contributed by atoms with Crippen molar-refractivity contribution in [3.63, 3.8) is 0 Å². The molecule has 0 radical (unpaired) electrons. The van der Waals surface area contributed by atoms with E-state index < -0.39 is 11.8 Å². The number of aryl methyl sites for hydroxylation is 1. The molecule has 1 rings (SSSR count). The Morgan fingerprint density at radius 2 is 2.17 bits per heavy atom. The Labute approximate surface area is 106 Å². The van der Waals surface area contributed by atoms with Crippen LogP contribution in [0.2, 0.25) is 0 Å². The van der Waals surface area contributed by atoms with Crippen LogP contribution in [-0.2, 0) is 11.2 Å². The third kappa shape index (κ3) is 3.87. The van der Waals surface area contributed by atoms with E-state index in [4.69, 9.17) is 9.84 Å². The van der Waals surface area contributed by atoms with E-state index in [1.807, 2.05) is 24.3 Å². The number of allylic oxidation sites excluding steroid dienone is 1. The first-order chi connectivity index (χ1) is 8.58. The summed E-state index contributed by atoms with van der Waals surface area (Å²) in [5, 5.41) is 8.61. The van der Waals surface area contributed by atoms with Crippen molar-refractivity contribution in [3.05, 3.63) is 41.2 Å². The summed E-state index contributed by atoms with van der Waals surface area (Å²) in [5.74, 6) is -1.77. The zero-order chi connectivity index (χ0) is 13.5. The molecule has 4 heteroatoms. The summed E-state index contributed by atoms with van der Waals surface area (Å²) in [7, 11) is 1.58. The summed E-state index contributed by atoms with van der Waals surface area (Å²) in [5.41, 5.74) is 1.34. The summed E-state index contributed by atoms with van der Waals surface area (Å²) in [6.07, 6.45) is 1.41. The minimum absolute atomic E-state index is 0.338. The topological polar surface area (TPSA) is 46.5 Å². The summed E-state index contributed by atoms with van der Waals surface area (Å²) in [4.78, 5) is 10.6. The minimum atomic E-state index is -1.49. The monoisotopic (exact) mass is 252 g/mol. The maximum atomic E-state index is 13.3. The fourth-order valence-electron chi connectivity index (χ4n) is 1.72. The van der Waals surface area contributed by atoms with Crippen molar-refractivity contribution in [2.75, 3.05) is 7.11 Å². The first-order valence-electron chi connectivity index (χ1n) is 5.82. The second-order valence-electron chi connectivity index (χ2n) is 3.93. The number of ether oxygens (including phenoxy) is 1. The molecule has 0 atom stereocenters. The lowest BCUT2D eigenvalue weighted by Gasteiger charge is -2.07. The Balaban J connectivity index is 2.74. The Morgan fingerprint density at radius 3 is 2.72 bits per heavy atom. The zero-order valence-electron chi connectivity index (χ0n) is 10.6. The van der Waals surface area contributed by atoms with Crippen LogP contribution in [0.5, 0.6) is 5.75 Å². The normalized spacial score (nSPS) is 11.9. The second kappa shape index (κ2) is 6.79. The molecule has 0 saturated carbocycles. The number of benzene rings is 1. The molecule has 0 aliphatic rings. The van der Waals surface area contributed by atoms with Gasteiger partial charge in [-0.25, -0.2) is 4.79 Å². The van der Waals surface area contributed by atoms with E-state index in [1.165, 1.54) is 0 Å². The van der Waals surface area contributed by atoms with E-state index in [2.05, 4.69) is 0 Å². The fourth-order valence-corrected chi connectivity index (χ4v) is 1.72. The fraction of sp³-hybridized carbons (Fsp3) is 0.357. The van der Waals surface area contributed by atoms with Crippen molar-refractivity contribution >= 4 is 5.97 Å². The van der Waals surface area contributed by atoms with Crippen LogP contribution in [0.1, 0.15) is 25.3 Å². The number of halogens is 1. The van der Waals surface area contributed by atoms with Crippen molar-refractivity contribution in [1.29, 1.82) is 0 Å². The molecular weight excluding hydrogens is 235 g/mol. The molecule has 1 aromatic rings. The minimum Gasteiger partial charge on any atom is -0.497 e. The van der Waals surface area contributed by atoms with E-state index in [0.717, 1.165) is 11.3 Å². The molecule has 0 heterocycles. The Bertz CT molecular complexity index is 452. The van der Waals surface area contributed by atoms with Gasteiger partial charge in [0, 0.05) is 0 Å². The average molecular weight is 252 g/mol. The third-order valence-corrected chi connectivity index (χ3v) is 2.77. The van der Waals surface area contributed by atoms with Crippen molar-refractivity contribution in [3.8, 4) is 5.75 Å². The molecule has 0 bridgehead atoms. The van der Waals surface area contributed by atoms with Crippen LogP contribution in [0.3, 0.4) is 0 Å². The van der Waals surface area contributed by atoms with Crippen molar-refractivity contribution in [2.24, 2.45) is 0 Å². The van der Waals surface area contributed by atoms with Gasteiger partial charge in [0.2, 0.25) is 5.83 Å². The Kier molecular flexibility index (Phi) is 5.36. The van der Waals surface area contributed by atoms with Gasteiger partial charge in [-0.05, 0) is 42.5 Å². The molecule has 1 N–H and O–H groups in total. The summed E-state index contributed by atoms with van der Waals surface area (Å²) >= 11 is 0. The van der Waals surface area contributed by atoms with Crippen molar-refractivity contribution in [1.82, 2.24) is 0 Å². The first-order valence-corrected chi connectivity index (χ1v) is 5.82. The molecule has 0 saturated heterocycles. The Morgan fingerprint density at radius 1 is 1.44 bits per heavy atom. The standard InChI is InChI=1S/C14H17FO3/c1-3-11(13(15)14(16)17)8-7-10-5-4-6-12(9-10)18-2/h4-6,9H,3,7-8H2,1-2H3,(H,16,17). The van der Waals surface area contributed by atoms with Gasteiger partial charge in [-0.1, -0.05) is 19.1 Å². The maximum Gasteiger partial charge on any atom is 0.364 e. The maximum absolute atomic E-state index is 13.3. The number of carbonyl (C=O) groups is 1. The van der Waals surface area contributed by atoms with Crippen LogP contribution in [0, 0.1) is 0 Å². The molecule has 1 aromatic carbocycles. The molecule has 0 aliphatic carbocycles. The molecule has 3 nitrogen and oxygen atoms in total. The van der Waals surface area contributed by atoms with Crippen LogP contribution in [0.25, 0.3) is 0 Å². The summed E-state index contributed by atoms with van der Waals surface area (Å²) < 4.78 is 18.4. The first kappa shape index (κ1) is 14.2. The molecule has 0 unspecified atom stereocenters. The van der Waals surface area contributed by atoms with Crippen LogP contribution >= 0.6 is 0 Å². The highest BCUT2D eigenvalue weighted by Gasteiger charge is 2.12. The van der Waals surface area contributed by atoms with E-state index in [0.29, 0.717) is 24.8 Å². The van der Waals surface area contributed by atoms with Crippen LogP contribution in [0.4, 0.5) is 4.39 Å². The largest absolute Gasteiger partial charge is 0.497 e. The van der Waals surface area contributed by atoms with Crippen molar-refractivity contribution < 1.29 is 19.0 Å². The zero-order valence-corrected chi connectivity index (χ0v) is 10.6. The molecule has 0 fully saturated rings. The lowest BCUT2D eigenvalue weighted by Crippen LogP contribution is -2.01. The lowest BCUT2D eigenvalue weighted by atomic mass is 10.0. The van der Waals surface area contributed by atoms with E-state index in [1.54, 1.807) is 14.0 Å². The van der Waals surface area contributed by atoms with Crippen molar-refractivity contribution in [2.45, 2.75) is 26.2 Å². The number of methoxy groups -OCH3 is 1. The van der Waals surface area contributed by atoms with Gasteiger partial charge in [0.25, 0.3) is 0 Å². The van der Waals surface area contributed by atoms with E-state index in [9.17, 15) is 9.18 Å². The molecule has 0 amide bonds. The summed E-state index contributed by atoms with van der Waals surface area (Å²) in [6.45, 7) is 1.75. The molecule has 0 aromatic heterocycles. The van der Waals surface area contributed by atoms with E-state index in [-0.39, 0.29) is 0 Å². The second-order valence-corrected chi connectivity index (χ2v) is 3.93. The predicted octanol–water partition coefficient (Wildman–Crippen LogP) is 3.35. The predicted molar refractivity (Wildman–Crippen MR) is 67.4 cm³/mol. The number of carboxylic acid groups (broad SMARTS) is 1. The molecule has 18 heavy (non-hydrogen) atoms. The van der Waals surface area contributed by atoms with Crippen LogP contribution in [-0.4, -0.2) is 18.2 Å². The lowest BCUT2D eigenvalue weighted by molar-refractivity contribution is -0.134. The quantitative estimate of drug-likeness (QED) is 0.790. The van der Waals surface area contributed by atoms with Gasteiger partial charge in [0.15, 0.2) is 0 Å². The molecule has 0 aliphatic heterocycles. The SMILES string of the molecule is CCC(CCc1cccc(OC)c1)=C(F)C(=O)O. The molecule has 98 valence electrons. The van der Waals surface area contributed by atoms with E-state index >= 15 is 0 Å². The highest BCUT2D eigenvalue weighted by atomic mass is 19.1.